The SMILES string of the molecule is CN(Cc1cc(C2CC2)n[nH]1)C[C@@]1(O)CCCN(Cc2ccccc2F)C1=O. The standard InChI is InChI=1S/C21H27FN4O2/c1-25(13-17-11-19(24-23-17)15-7-8-15)14-21(28)9-4-10-26(20(21)27)12-16-5-2-3-6-18(16)22/h2-3,5-6,11,15,28H,4,7-10,12-14H2,1H3,(H,23,24)/t21-/m0/s1. The highest BCUT2D eigenvalue weighted by Crippen LogP contribution is 2.39. The molecule has 2 heterocycles. The topological polar surface area (TPSA) is 72.5 Å². The third-order valence-electron chi connectivity index (χ3n) is 5.64. The minimum Gasteiger partial charge on any atom is -0.379 e. The lowest BCUT2D eigenvalue weighted by Gasteiger charge is -2.40. The zero-order chi connectivity index (χ0) is 19.7. The molecule has 7 heteroatoms. The van der Waals surface area contributed by atoms with Gasteiger partial charge in [0.1, 0.15) is 5.82 Å². The number of amides is 1. The molecular formula is C21H27FN4O2. The summed E-state index contributed by atoms with van der Waals surface area (Å²) in [5, 5.41) is 18.5. The Labute approximate surface area is 164 Å². The van der Waals surface area contributed by atoms with Gasteiger partial charge in [-0.1, -0.05) is 18.2 Å². The van der Waals surface area contributed by atoms with Crippen LogP contribution in [0, 0.1) is 5.82 Å². The Kier molecular flexibility index (Phi) is 5.21. The Hall–Kier alpha value is -2.25. The lowest BCUT2D eigenvalue weighted by Crippen LogP contribution is -2.57. The van der Waals surface area contributed by atoms with E-state index in [1.807, 2.05) is 11.9 Å². The number of piperidine rings is 1. The number of nitrogens with zero attached hydrogens (tertiary/aromatic N) is 3. The molecule has 6 nitrogen and oxygen atoms in total. The molecule has 1 aliphatic carbocycles. The van der Waals surface area contributed by atoms with Gasteiger partial charge in [0.25, 0.3) is 5.91 Å². The minimum absolute atomic E-state index is 0.183. The first-order valence-electron chi connectivity index (χ1n) is 9.92. The molecule has 1 aliphatic heterocycles. The zero-order valence-electron chi connectivity index (χ0n) is 16.2. The van der Waals surface area contributed by atoms with Crippen molar-refractivity contribution in [2.24, 2.45) is 0 Å². The van der Waals surface area contributed by atoms with E-state index in [2.05, 4.69) is 16.3 Å². The number of aliphatic hydroxyl groups is 1. The molecule has 2 fully saturated rings. The van der Waals surface area contributed by atoms with Gasteiger partial charge in [-0.15, -0.1) is 0 Å². The third-order valence-corrected chi connectivity index (χ3v) is 5.64. The number of halogens is 1. The number of nitrogens with one attached hydrogen (secondary N) is 1. The van der Waals surface area contributed by atoms with Gasteiger partial charge >= 0.3 is 0 Å². The van der Waals surface area contributed by atoms with Crippen LogP contribution in [0.15, 0.2) is 30.3 Å². The van der Waals surface area contributed by atoms with E-state index in [0.29, 0.717) is 37.4 Å². The molecular weight excluding hydrogens is 359 g/mol. The largest absolute Gasteiger partial charge is 0.379 e. The first-order chi connectivity index (χ1) is 13.4. The number of aromatic nitrogens is 2. The van der Waals surface area contributed by atoms with Crippen molar-refractivity contribution in [3.63, 3.8) is 0 Å². The molecule has 0 spiro atoms. The minimum atomic E-state index is -1.45. The maximum atomic E-state index is 14.0. The number of carbonyl (C=O) groups excluding carboxylic acids is 1. The molecule has 0 unspecified atom stereocenters. The lowest BCUT2D eigenvalue weighted by atomic mass is 9.90. The van der Waals surface area contributed by atoms with Crippen LogP contribution < -0.4 is 0 Å². The summed E-state index contributed by atoms with van der Waals surface area (Å²) in [6, 6.07) is 8.53. The van der Waals surface area contributed by atoms with E-state index in [9.17, 15) is 14.3 Å². The number of aromatic amines is 1. The van der Waals surface area contributed by atoms with E-state index in [4.69, 9.17) is 0 Å². The normalized spacial score (nSPS) is 22.9. The average Bonchev–Trinajstić information content (AvgIpc) is 3.41. The Morgan fingerprint density at radius 1 is 1.39 bits per heavy atom. The van der Waals surface area contributed by atoms with Gasteiger partial charge in [-0.25, -0.2) is 4.39 Å². The van der Waals surface area contributed by atoms with E-state index in [0.717, 1.165) is 11.4 Å². The predicted molar refractivity (Wildman–Crippen MR) is 103 cm³/mol. The van der Waals surface area contributed by atoms with Crippen LogP contribution >= 0.6 is 0 Å². The number of likely N-dealkylation sites (tertiary alicyclic amines) is 1. The summed E-state index contributed by atoms with van der Waals surface area (Å²) in [6.07, 6.45) is 3.51. The number of hydrogen-bond acceptors (Lipinski definition) is 4. The molecule has 1 saturated heterocycles. The van der Waals surface area contributed by atoms with Crippen LogP contribution in [0.5, 0.6) is 0 Å². The van der Waals surface area contributed by atoms with Gasteiger partial charge in [-0.2, -0.15) is 5.10 Å². The Morgan fingerprint density at radius 2 is 2.18 bits per heavy atom. The van der Waals surface area contributed by atoms with Gasteiger partial charge in [0.15, 0.2) is 5.60 Å². The number of carbonyl (C=O) groups is 1. The summed E-state index contributed by atoms with van der Waals surface area (Å²) in [4.78, 5) is 16.5. The number of H-pyrrole nitrogens is 1. The molecule has 2 aliphatic rings. The van der Waals surface area contributed by atoms with Crippen LogP contribution in [0.25, 0.3) is 0 Å². The van der Waals surface area contributed by atoms with Gasteiger partial charge in [0.05, 0.1) is 5.69 Å². The average molecular weight is 386 g/mol. The second-order valence-corrected chi connectivity index (χ2v) is 8.22. The highest BCUT2D eigenvalue weighted by atomic mass is 19.1. The van der Waals surface area contributed by atoms with Crippen molar-refractivity contribution >= 4 is 5.91 Å². The van der Waals surface area contributed by atoms with Crippen LogP contribution in [0.3, 0.4) is 0 Å². The molecule has 1 aromatic carbocycles. The maximum Gasteiger partial charge on any atom is 0.256 e. The smallest absolute Gasteiger partial charge is 0.256 e. The highest BCUT2D eigenvalue weighted by molar-refractivity contribution is 5.86. The quantitative estimate of drug-likeness (QED) is 0.767. The fourth-order valence-electron chi connectivity index (χ4n) is 4.04. The third kappa shape index (κ3) is 4.10. The second-order valence-electron chi connectivity index (χ2n) is 8.22. The van der Waals surface area contributed by atoms with Crippen LogP contribution in [0.1, 0.15) is 48.6 Å². The molecule has 1 aromatic heterocycles. The van der Waals surface area contributed by atoms with E-state index in [1.165, 1.54) is 18.9 Å². The van der Waals surface area contributed by atoms with Gasteiger partial charge in [-0.3, -0.25) is 14.8 Å². The number of hydrogen-bond donors (Lipinski definition) is 2. The van der Waals surface area contributed by atoms with Gasteiger partial charge < -0.3 is 10.0 Å². The van der Waals surface area contributed by atoms with E-state index >= 15 is 0 Å². The Balaban J connectivity index is 1.39. The second kappa shape index (κ2) is 7.64. The van der Waals surface area contributed by atoms with Crippen LogP contribution in [0.4, 0.5) is 4.39 Å². The summed E-state index contributed by atoms with van der Waals surface area (Å²) in [7, 11) is 1.89. The van der Waals surface area contributed by atoms with Crippen molar-refractivity contribution < 1.29 is 14.3 Å². The highest BCUT2D eigenvalue weighted by Gasteiger charge is 2.43. The summed E-state index contributed by atoms with van der Waals surface area (Å²) >= 11 is 0. The zero-order valence-corrected chi connectivity index (χ0v) is 16.2. The molecule has 4 rings (SSSR count). The predicted octanol–water partition coefficient (Wildman–Crippen LogP) is 2.41. The fourth-order valence-corrected chi connectivity index (χ4v) is 4.04. The number of likely N-dealkylation sites (N-methyl/N-ethyl adjacent to an activating group) is 1. The van der Waals surface area contributed by atoms with E-state index in [1.54, 1.807) is 23.1 Å². The molecule has 150 valence electrons. The fraction of sp³-hybridized carbons (Fsp3) is 0.524. The van der Waals surface area contributed by atoms with Crippen molar-refractivity contribution in [2.45, 2.75) is 50.3 Å². The molecule has 1 amide bonds. The number of benzene rings is 1. The molecule has 1 atom stereocenters. The maximum absolute atomic E-state index is 14.0. The summed E-state index contributed by atoms with van der Waals surface area (Å²) in [5.41, 5.74) is 1.11. The summed E-state index contributed by atoms with van der Waals surface area (Å²) in [6.45, 7) is 1.54. The Morgan fingerprint density at radius 3 is 2.93 bits per heavy atom. The molecule has 2 N–H and O–H groups in total. The summed E-state index contributed by atoms with van der Waals surface area (Å²) < 4.78 is 14.0. The number of rotatable bonds is 7. The Bertz CT molecular complexity index is 850. The van der Waals surface area contributed by atoms with Crippen molar-refractivity contribution in [1.29, 1.82) is 0 Å². The molecule has 0 bridgehead atoms. The lowest BCUT2D eigenvalue weighted by molar-refractivity contribution is -0.160. The molecule has 2 aromatic rings. The molecule has 0 radical (unpaired) electrons. The van der Waals surface area contributed by atoms with E-state index < -0.39 is 5.60 Å². The first kappa shape index (κ1) is 19.1. The summed E-state index contributed by atoms with van der Waals surface area (Å²) in [5.74, 6) is -0.0595. The van der Waals surface area contributed by atoms with Gasteiger partial charge in [0.2, 0.25) is 0 Å². The molecule has 1 saturated carbocycles. The van der Waals surface area contributed by atoms with Crippen LogP contribution in [-0.2, 0) is 17.9 Å². The monoisotopic (exact) mass is 386 g/mol. The van der Waals surface area contributed by atoms with Crippen molar-refractivity contribution in [3.8, 4) is 0 Å². The van der Waals surface area contributed by atoms with Crippen LogP contribution in [0.2, 0.25) is 0 Å². The van der Waals surface area contributed by atoms with Gasteiger partial charge in [0, 0.05) is 43.4 Å². The van der Waals surface area contributed by atoms with Crippen LogP contribution in [-0.4, -0.2) is 56.7 Å². The van der Waals surface area contributed by atoms with E-state index in [-0.39, 0.29) is 24.8 Å². The van der Waals surface area contributed by atoms with Crippen molar-refractivity contribution in [1.82, 2.24) is 20.0 Å². The first-order valence-corrected chi connectivity index (χ1v) is 9.92. The van der Waals surface area contributed by atoms with Gasteiger partial charge in [-0.05, 0) is 44.9 Å². The molecule has 28 heavy (non-hydrogen) atoms. The van der Waals surface area contributed by atoms with Crippen molar-refractivity contribution in [2.75, 3.05) is 20.1 Å². The van der Waals surface area contributed by atoms with Crippen molar-refractivity contribution in [3.05, 3.63) is 53.1 Å².